The number of anilines is 2. The van der Waals surface area contributed by atoms with Crippen molar-refractivity contribution < 1.29 is 9.59 Å². The van der Waals surface area contributed by atoms with Crippen molar-refractivity contribution in [1.29, 1.82) is 0 Å². The first kappa shape index (κ1) is 24.0. The number of aryl methyl sites for hydroxylation is 1. The molecule has 1 fully saturated rings. The molecule has 0 saturated carbocycles. The average molecular weight is 518 g/mol. The van der Waals surface area contributed by atoms with Gasteiger partial charge in [0, 0.05) is 63.0 Å². The predicted octanol–water partition coefficient (Wildman–Crippen LogP) is 2.70. The number of hydrogen-bond acceptors (Lipinski definition) is 8. The molecule has 1 aliphatic carbocycles. The van der Waals surface area contributed by atoms with E-state index in [-0.39, 0.29) is 17.7 Å². The third kappa shape index (κ3) is 4.71. The highest BCUT2D eigenvalue weighted by Gasteiger charge is 2.33. The summed E-state index contributed by atoms with van der Waals surface area (Å²) in [5, 5.41) is 4.60. The van der Waals surface area contributed by atoms with Crippen molar-refractivity contribution in [2.45, 2.75) is 25.8 Å². The number of piperazine rings is 1. The minimum Gasteiger partial charge on any atom is -0.348 e. The summed E-state index contributed by atoms with van der Waals surface area (Å²) >= 11 is 1.69. The molecule has 1 N–H and O–H groups in total. The molecule has 0 radical (unpaired) electrons. The summed E-state index contributed by atoms with van der Waals surface area (Å²) in [6.45, 7) is 4.01. The largest absolute Gasteiger partial charge is 0.348 e. The van der Waals surface area contributed by atoms with Crippen molar-refractivity contribution in [2.24, 2.45) is 10.9 Å². The Bertz CT molecular complexity index is 1390. The van der Waals surface area contributed by atoms with Gasteiger partial charge in [-0.3, -0.25) is 19.5 Å². The van der Waals surface area contributed by atoms with Crippen LogP contribution in [0.3, 0.4) is 0 Å². The van der Waals surface area contributed by atoms with E-state index in [1.54, 1.807) is 36.7 Å². The Hall–Kier alpha value is -3.37. The molecule has 2 aromatic heterocycles. The second-order valence-electron chi connectivity index (χ2n) is 10.2. The molecule has 6 rings (SSSR count). The zero-order valence-corrected chi connectivity index (χ0v) is 22.1. The topological polar surface area (TPSA) is 94.0 Å². The van der Waals surface area contributed by atoms with E-state index >= 15 is 0 Å². The number of nitrogens with zero attached hydrogens (tertiary/aromatic N) is 6. The van der Waals surface area contributed by atoms with E-state index in [9.17, 15) is 9.59 Å². The minimum absolute atomic E-state index is 0.00381. The number of benzene rings is 1. The summed E-state index contributed by atoms with van der Waals surface area (Å²) in [6.07, 6.45) is 5.97. The minimum atomic E-state index is -0.00381. The SMILES string of the molecule is CN(C)C(=O)CN1CCN(C(=O)C2CCc3c(sc4ncnc(Nc5ccc6c(c5)C=NC6)c34)C2)CC1. The van der Waals surface area contributed by atoms with Crippen LogP contribution in [-0.2, 0) is 29.0 Å². The lowest BCUT2D eigenvalue weighted by Crippen LogP contribution is -2.52. The quantitative estimate of drug-likeness (QED) is 0.559. The Morgan fingerprint density at radius 1 is 1.16 bits per heavy atom. The second kappa shape index (κ2) is 9.83. The Balaban J connectivity index is 1.15. The number of rotatable bonds is 5. The highest BCUT2D eigenvalue weighted by atomic mass is 32.1. The molecule has 2 amide bonds. The van der Waals surface area contributed by atoms with Gasteiger partial charge in [-0.25, -0.2) is 9.97 Å². The van der Waals surface area contributed by atoms with Gasteiger partial charge in [0.05, 0.1) is 18.5 Å². The number of thiophene rings is 1. The van der Waals surface area contributed by atoms with Crippen LogP contribution in [0, 0.1) is 5.92 Å². The lowest BCUT2D eigenvalue weighted by Gasteiger charge is -2.37. The molecule has 1 aromatic carbocycles. The fourth-order valence-corrected chi connectivity index (χ4v) is 6.72. The van der Waals surface area contributed by atoms with E-state index in [1.165, 1.54) is 16.0 Å². The first-order valence-corrected chi connectivity index (χ1v) is 13.6. The molecule has 37 heavy (non-hydrogen) atoms. The van der Waals surface area contributed by atoms with Crippen molar-refractivity contribution >= 4 is 51.1 Å². The van der Waals surface area contributed by atoms with Crippen molar-refractivity contribution in [2.75, 3.05) is 52.1 Å². The molecule has 0 spiro atoms. The van der Waals surface area contributed by atoms with Crippen LogP contribution in [0.2, 0.25) is 0 Å². The van der Waals surface area contributed by atoms with Gasteiger partial charge in [0.15, 0.2) is 0 Å². The van der Waals surface area contributed by atoms with Crippen molar-refractivity contribution in [3.63, 3.8) is 0 Å². The highest BCUT2D eigenvalue weighted by Crippen LogP contribution is 2.41. The number of nitrogens with one attached hydrogen (secondary N) is 1. The van der Waals surface area contributed by atoms with Crippen LogP contribution in [0.25, 0.3) is 10.2 Å². The number of amides is 2. The molecule has 1 unspecified atom stereocenters. The summed E-state index contributed by atoms with van der Waals surface area (Å²) in [5.41, 5.74) is 4.66. The molecule has 3 aromatic rings. The van der Waals surface area contributed by atoms with Crippen LogP contribution in [-0.4, -0.2) is 89.5 Å². The molecule has 3 aliphatic rings. The van der Waals surface area contributed by atoms with Crippen LogP contribution >= 0.6 is 11.3 Å². The van der Waals surface area contributed by atoms with E-state index in [0.29, 0.717) is 19.6 Å². The summed E-state index contributed by atoms with van der Waals surface area (Å²) in [4.78, 5) is 46.9. The molecule has 1 saturated heterocycles. The van der Waals surface area contributed by atoms with Crippen LogP contribution in [0.5, 0.6) is 0 Å². The Morgan fingerprint density at radius 3 is 2.81 bits per heavy atom. The summed E-state index contributed by atoms with van der Waals surface area (Å²) in [7, 11) is 3.56. The number of aliphatic imine (C=N–C) groups is 1. The fourth-order valence-electron chi connectivity index (χ4n) is 5.45. The van der Waals surface area contributed by atoms with Gasteiger partial charge in [-0.05, 0) is 48.1 Å². The van der Waals surface area contributed by atoms with E-state index in [1.807, 2.05) is 11.1 Å². The molecule has 0 bridgehead atoms. The van der Waals surface area contributed by atoms with Gasteiger partial charge in [-0.1, -0.05) is 6.07 Å². The zero-order valence-electron chi connectivity index (χ0n) is 21.2. The Labute approximate surface area is 220 Å². The maximum atomic E-state index is 13.4. The molecule has 2 aliphatic heterocycles. The lowest BCUT2D eigenvalue weighted by atomic mass is 9.86. The first-order chi connectivity index (χ1) is 18.0. The molecule has 192 valence electrons. The maximum absolute atomic E-state index is 13.4. The van der Waals surface area contributed by atoms with E-state index < -0.39 is 0 Å². The normalized spacial score (nSPS) is 19.1. The monoisotopic (exact) mass is 517 g/mol. The fraction of sp³-hybridized carbons (Fsp3) is 0.444. The molecular formula is C27H31N7O2S. The summed E-state index contributed by atoms with van der Waals surface area (Å²) < 4.78 is 0. The first-order valence-electron chi connectivity index (χ1n) is 12.8. The number of aromatic nitrogens is 2. The van der Waals surface area contributed by atoms with Gasteiger partial charge < -0.3 is 15.1 Å². The summed E-state index contributed by atoms with van der Waals surface area (Å²) in [6, 6.07) is 6.30. The number of carbonyl (C=O) groups is 2. The predicted molar refractivity (Wildman–Crippen MR) is 146 cm³/mol. The second-order valence-corrected chi connectivity index (χ2v) is 11.3. The van der Waals surface area contributed by atoms with Gasteiger partial charge in [0.1, 0.15) is 17.0 Å². The molecule has 1 atom stereocenters. The van der Waals surface area contributed by atoms with Crippen LogP contribution < -0.4 is 5.32 Å². The van der Waals surface area contributed by atoms with Gasteiger partial charge >= 0.3 is 0 Å². The summed E-state index contributed by atoms with van der Waals surface area (Å²) in [5.74, 6) is 1.17. The Morgan fingerprint density at radius 2 is 2.00 bits per heavy atom. The molecule has 10 heteroatoms. The maximum Gasteiger partial charge on any atom is 0.236 e. The molecular weight excluding hydrogens is 486 g/mol. The van der Waals surface area contributed by atoms with Gasteiger partial charge in [0.2, 0.25) is 11.8 Å². The average Bonchev–Trinajstić information content (AvgIpc) is 3.52. The number of likely N-dealkylation sites (N-methyl/N-ethyl adjacent to an activating group) is 1. The van der Waals surface area contributed by atoms with E-state index in [0.717, 1.165) is 66.2 Å². The van der Waals surface area contributed by atoms with Crippen LogP contribution in [0.1, 0.15) is 28.0 Å². The van der Waals surface area contributed by atoms with Gasteiger partial charge in [0.25, 0.3) is 0 Å². The van der Waals surface area contributed by atoms with Crippen molar-refractivity contribution in [1.82, 2.24) is 24.7 Å². The molecule has 9 nitrogen and oxygen atoms in total. The van der Waals surface area contributed by atoms with E-state index in [2.05, 4.69) is 43.4 Å². The Kier molecular flexibility index (Phi) is 6.37. The van der Waals surface area contributed by atoms with Crippen molar-refractivity contribution in [3.05, 3.63) is 46.1 Å². The van der Waals surface area contributed by atoms with Crippen LogP contribution in [0.4, 0.5) is 11.5 Å². The third-order valence-electron chi connectivity index (χ3n) is 7.64. The third-order valence-corrected chi connectivity index (χ3v) is 8.80. The highest BCUT2D eigenvalue weighted by molar-refractivity contribution is 7.19. The van der Waals surface area contributed by atoms with Crippen LogP contribution in [0.15, 0.2) is 29.5 Å². The smallest absolute Gasteiger partial charge is 0.236 e. The number of hydrogen-bond donors (Lipinski definition) is 1. The standard InChI is InChI=1S/C27H31N7O2S/c1-32(2)23(35)15-33-7-9-34(10-8-33)27(36)17-4-6-21-22(12-17)37-26-24(21)25(29-16-30-26)31-20-5-3-18-13-28-14-19(18)11-20/h3,5,11,14,16-17H,4,6-10,12-13,15H2,1-2H3,(H,29,30,31). The number of carbonyl (C=O) groups excluding carboxylic acids is 2. The lowest BCUT2D eigenvalue weighted by molar-refractivity contribution is -0.138. The van der Waals surface area contributed by atoms with E-state index in [4.69, 9.17) is 0 Å². The molecule has 4 heterocycles. The van der Waals surface area contributed by atoms with Gasteiger partial charge in [-0.2, -0.15) is 0 Å². The van der Waals surface area contributed by atoms with Gasteiger partial charge in [-0.15, -0.1) is 11.3 Å². The zero-order chi connectivity index (χ0) is 25.5. The van der Waals surface area contributed by atoms with Crippen molar-refractivity contribution in [3.8, 4) is 0 Å². The number of fused-ring (bicyclic) bond motifs is 4.